The van der Waals surface area contributed by atoms with Gasteiger partial charge in [0.05, 0.1) is 0 Å². The van der Waals surface area contributed by atoms with Gasteiger partial charge in [-0.1, -0.05) is 36.4 Å². The van der Waals surface area contributed by atoms with E-state index in [1.54, 1.807) is 0 Å². The Morgan fingerprint density at radius 1 is 0.833 bits per heavy atom. The molecule has 4 rings (SSSR count). The van der Waals surface area contributed by atoms with Crippen LogP contribution >= 0.6 is 0 Å². The van der Waals surface area contributed by atoms with Gasteiger partial charge in [0, 0.05) is 17.3 Å². The number of pyridine rings is 1. The Labute approximate surface area is 106 Å². The highest BCUT2D eigenvalue weighted by Crippen LogP contribution is 2.32. The second kappa shape index (κ2) is 3.81. The number of rotatable bonds is 0. The number of nitrogens with zero attached hydrogens (tertiary/aromatic N) is 1. The maximum atomic E-state index is 4.65. The smallest absolute Gasteiger partial charge is 0.0442 e. The summed E-state index contributed by atoms with van der Waals surface area (Å²) in [6, 6.07) is 13.1. The molecule has 0 amide bonds. The number of hydrogen-bond acceptors (Lipinski definition) is 1. The van der Waals surface area contributed by atoms with Crippen molar-refractivity contribution in [3.63, 3.8) is 0 Å². The lowest BCUT2D eigenvalue weighted by atomic mass is 9.89. The fraction of sp³-hybridized carbons (Fsp3) is 0.235. The number of aromatic nitrogens is 1. The molecular weight excluding hydrogens is 218 g/mol. The molecule has 1 aromatic heterocycles. The zero-order valence-corrected chi connectivity index (χ0v) is 10.3. The minimum absolute atomic E-state index is 1.15. The summed E-state index contributed by atoms with van der Waals surface area (Å²) in [5, 5.41) is 5.45. The third-order valence-electron chi connectivity index (χ3n) is 4.06. The Bertz CT molecular complexity index is 743. The van der Waals surface area contributed by atoms with Gasteiger partial charge in [-0.2, -0.15) is 0 Å². The summed E-state index contributed by atoms with van der Waals surface area (Å²) >= 11 is 0. The second-order valence-electron chi connectivity index (χ2n) is 5.14. The van der Waals surface area contributed by atoms with Crippen molar-refractivity contribution in [2.24, 2.45) is 0 Å². The van der Waals surface area contributed by atoms with E-state index in [2.05, 4.69) is 41.4 Å². The van der Waals surface area contributed by atoms with Crippen molar-refractivity contribution >= 4 is 21.5 Å². The zero-order chi connectivity index (χ0) is 11.9. The maximum Gasteiger partial charge on any atom is 0.0442 e. The van der Waals surface area contributed by atoms with Gasteiger partial charge >= 0.3 is 0 Å². The molecule has 0 saturated carbocycles. The molecule has 0 saturated heterocycles. The van der Waals surface area contributed by atoms with Crippen molar-refractivity contribution in [1.82, 2.24) is 4.98 Å². The van der Waals surface area contributed by atoms with Crippen LogP contribution in [-0.4, -0.2) is 4.98 Å². The van der Waals surface area contributed by atoms with Crippen LogP contribution in [-0.2, 0) is 12.8 Å². The third-order valence-corrected chi connectivity index (χ3v) is 4.06. The predicted octanol–water partition coefficient (Wildman–Crippen LogP) is 4.27. The molecule has 0 spiro atoms. The molecular formula is C17H15N. The molecule has 1 aliphatic rings. The Morgan fingerprint density at radius 3 is 2.67 bits per heavy atom. The highest BCUT2D eigenvalue weighted by atomic mass is 14.7. The predicted molar refractivity (Wildman–Crippen MR) is 75.9 cm³/mol. The van der Waals surface area contributed by atoms with Crippen molar-refractivity contribution in [2.75, 3.05) is 0 Å². The van der Waals surface area contributed by atoms with Crippen molar-refractivity contribution in [3.05, 3.63) is 53.9 Å². The van der Waals surface area contributed by atoms with E-state index in [1.807, 2.05) is 6.20 Å². The monoisotopic (exact) mass is 233 g/mol. The fourth-order valence-electron chi connectivity index (χ4n) is 3.18. The molecule has 88 valence electrons. The molecule has 18 heavy (non-hydrogen) atoms. The Morgan fingerprint density at radius 2 is 1.67 bits per heavy atom. The topological polar surface area (TPSA) is 12.9 Å². The molecule has 3 aromatic rings. The van der Waals surface area contributed by atoms with Gasteiger partial charge in [-0.3, -0.25) is 4.98 Å². The Hall–Kier alpha value is -1.89. The van der Waals surface area contributed by atoms with Gasteiger partial charge in [0.2, 0.25) is 0 Å². The lowest BCUT2D eigenvalue weighted by Crippen LogP contribution is -2.05. The van der Waals surface area contributed by atoms with Crippen LogP contribution in [0.5, 0.6) is 0 Å². The Kier molecular flexibility index (Phi) is 2.13. The van der Waals surface area contributed by atoms with Crippen molar-refractivity contribution in [2.45, 2.75) is 25.7 Å². The second-order valence-corrected chi connectivity index (χ2v) is 5.14. The first-order valence-corrected chi connectivity index (χ1v) is 6.72. The largest absolute Gasteiger partial charge is 0.260 e. The van der Waals surface area contributed by atoms with Crippen LogP contribution in [0.15, 0.2) is 42.6 Å². The minimum Gasteiger partial charge on any atom is -0.260 e. The molecule has 1 heterocycles. The average Bonchev–Trinajstić information content (AvgIpc) is 2.46. The molecule has 1 nitrogen and oxygen atoms in total. The van der Waals surface area contributed by atoms with Crippen LogP contribution in [0.2, 0.25) is 0 Å². The normalized spacial score (nSPS) is 14.9. The van der Waals surface area contributed by atoms with E-state index in [-0.39, 0.29) is 0 Å². The van der Waals surface area contributed by atoms with Gasteiger partial charge in [0.1, 0.15) is 0 Å². The maximum absolute atomic E-state index is 4.65. The third kappa shape index (κ3) is 1.37. The quantitative estimate of drug-likeness (QED) is 0.528. The molecule has 1 aliphatic carbocycles. The van der Waals surface area contributed by atoms with E-state index in [9.17, 15) is 0 Å². The number of aryl methyl sites for hydroxylation is 2. The fourth-order valence-corrected chi connectivity index (χ4v) is 3.18. The van der Waals surface area contributed by atoms with Crippen molar-refractivity contribution in [3.8, 4) is 0 Å². The summed E-state index contributed by atoms with van der Waals surface area (Å²) in [4.78, 5) is 4.65. The first-order valence-electron chi connectivity index (χ1n) is 6.72. The first-order chi connectivity index (χ1) is 8.93. The van der Waals surface area contributed by atoms with E-state index in [4.69, 9.17) is 0 Å². The van der Waals surface area contributed by atoms with Gasteiger partial charge in [-0.25, -0.2) is 0 Å². The summed E-state index contributed by atoms with van der Waals surface area (Å²) in [6.45, 7) is 0. The summed E-state index contributed by atoms with van der Waals surface area (Å²) in [6.07, 6.45) is 6.97. The Balaban J connectivity index is 2.21. The van der Waals surface area contributed by atoms with Crippen LogP contribution in [0.1, 0.15) is 24.1 Å². The molecule has 0 unspecified atom stereocenters. The molecule has 0 atom stereocenters. The summed E-state index contributed by atoms with van der Waals surface area (Å²) in [7, 11) is 0. The van der Waals surface area contributed by atoms with Crippen molar-refractivity contribution < 1.29 is 0 Å². The highest BCUT2D eigenvalue weighted by Gasteiger charge is 2.15. The molecule has 0 fully saturated rings. The van der Waals surface area contributed by atoms with Gasteiger partial charge < -0.3 is 0 Å². The molecule has 2 aromatic carbocycles. The van der Waals surface area contributed by atoms with E-state index >= 15 is 0 Å². The summed E-state index contributed by atoms with van der Waals surface area (Å²) in [5.41, 5.74) is 2.82. The van der Waals surface area contributed by atoms with Crippen LogP contribution in [0, 0.1) is 0 Å². The van der Waals surface area contributed by atoms with E-state index in [1.165, 1.54) is 52.1 Å². The molecule has 1 heteroatoms. The zero-order valence-electron chi connectivity index (χ0n) is 10.3. The molecule has 0 aliphatic heterocycles. The first kappa shape index (κ1) is 10.1. The van der Waals surface area contributed by atoms with E-state index in [0.717, 1.165) is 6.42 Å². The number of fused-ring (bicyclic) bond motifs is 5. The number of benzene rings is 2. The SMILES string of the molecule is c1ccc2c(c1)ccc1cnc3c(c12)CCCC3. The van der Waals surface area contributed by atoms with Gasteiger partial charge in [0.25, 0.3) is 0 Å². The van der Waals surface area contributed by atoms with Gasteiger partial charge in [-0.05, 0) is 47.4 Å². The summed E-state index contributed by atoms with van der Waals surface area (Å²) < 4.78 is 0. The van der Waals surface area contributed by atoms with Crippen LogP contribution in [0.25, 0.3) is 21.5 Å². The molecule has 0 N–H and O–H groups in total. The number of hydrogen-bond donors (Lipinski definition) is 0. The standard InChI is InChI=1S/C17H15N/c1-2-6-14-12(5-1)9-10-13-11-18-16-8-4-3-7-15(16)17(13)14/h1-2,5-6,9-11H,3-4,7-8H2. The van der Waals surface area contributed by atoms with E-state index < -0.39 is 0 Å². The molecule has 0 radical (unpaired) electrons. The van der Waals surface area contributed by atoms with Gasteiger partial charge in [0.15, 0.2) is 0 Å². The summed E-state index contributed by atoms with van der Waals surface area (Å²) in [5.74, 6) is 0. The minimum atomic E-state index is 1.15. The van der Waals surface area contributed by atoms with Gasteiger partial charge in [-0.15, -0.1) is 0 Å². The molecule has 0 bridgehead atoms. The van der Waals surface area contributed by atoms with Crippen LogP contribution in [0.4, 0.5) is 0 Å². The lowest BCUT2D eigenvalue weighted by molar-refractivity contribution is 0.673. The van der Waals surface area contributed by atoms with E-state index in [0.29, 0.717) is 0 Å². The van der Waals surface area contributed by atoms with Crippen molar-refractivity contribution in [1.29, 1.82) is 0 Å². The highest BCUT2D eigenvalue weighted by molar-refractivity contribution is 6.09. The average molecular weight is 233 g/mol. The van der Waals surface area contributed by atoms with Crippen LogP contribution in [0.3, 0.4) is 0 Å². The van der Waals surface area contributed by atoms with Crippen LogP contribution < -0.4 is 0 Å². The lowest BCUT2D eigenvalue weighted by Gasteiger charge is -2.18.